The van der Waals surface area contributed by atoms with Gasteiger partial charge in [-0.15, -0.1) is 0 Å². The van der Waals surface area contributed by atoms with Gasteiger partial charge in [-0.25, -0.2) is 8.42 Å². The lowest BCUT2D eigenvalue weighted by molar-refractivity contribution is 0.580. The maximum absolute atomic E-state index is 11.9. The van der Waals surface area contributed by atoms with Crippen LogP contribution >= 0.6 is 0 Å². The van der Waals surface area contributed by atoms with Gasteiger partial charge in [0.2, 0.25) is 0 Å². The number of pyridine rings is 1. The number of aromatic nitrogens is 1. The molecule has 1 atom stereocenters. The average molecular weight is 302 g/mol. The second kappa shape index (κ2) is 5.48. The Morgan fingerprint density at radius 2 is 2.00 bits per heavy atom. The van der Waals surface area contributed by atoms with Crippen molar-refractivity contribution in [3.8, 4) is 0 Å². The van der Waals surface area contributed by atoms with Crippen molar-refractivity contribution in [1.29, 1.82) is 0 Å². The Morgan fingerprint density at radius 3 is 2.81 bits per heavy atom. The Bertz CT molecular complexity index is 756. The van der Waals surface area contributed by atoms with Crippen LogP contribution in [0.5, 0.6) is 0 Å². The molecule has 0 saturated heterocycles. The van der Waals surface area contributed by atoms with Crippen LogP contribution in [0.2, 0.25) is 0 Å². The minimum absolute atomic E-state index is 0.0675. The first-order valence-electron chi connectivity index (χ1n) is 7.05. The average Bonchev–Trinajstić information content (AvgIpc) is 2.47. The van der Waals surface area contributed by atoms with Crippen molar-refractivity contribution < 1.29 is 8.42 Å². The molecule has 2 aromatic rings. The molecule has 0 spiro atoms. The van der Waals surface area contributed by atoms with Gasteiger partial charge in [0.1, 0.15) is 0 Å². The van der Waals surface area contributed by atoms with Crippen molar-refractivity contribution in [2.24, 2.45) is 0 Å². The molecule has 1 aliphatic carbocycles. The van der Waals surface area contributed by atoms with Crippen molar-refractivity contribution in [2.75, 3.05) is 11.6 Å². The van der Waals surface area contributed by atoms with E-state index in [0.717, 1.165) is 25.0 Å². The van der Waals surface area contributed by atoms with E-state index in [1.165, 1.54) is 11.8 Å². The second-order valence-corrected chi connectivity index (χ2v) is 7.39. The molecule has 0 aliphatic heterocycles. The molecular weight excluding hydrogens is 284 g/mol. The molecule has 1 N–H and O–H groups in total. The van der Waals surface area contributed by atoms with Gasteiger partial charge in [-0.2, -0.15) is 0 Å². The number of aryl methyl sites for hydroxylation is 1. The Morgan fingerprint density at radius 1 is 1.19 bits per heavy atom. The van der Waals surface area contributed by atoms with Crippen LogP contribution in [0.4, 0.5) is 5.69 Å². The number of hydrogen-bond acceptors (Lipinski definition) is 4. The molecule has 21 heavy (non-hydrogen) atoms. The summed E-state index contributed by atoms with van der Waals surface area (Å²) >= 11 is 0. The summed E-state index contributed by atoms with van der Waals surface area (Å²) in [6, 6.07) is 11.2. The highest BCUT2D eigenvalue weighted by Crippen LogP contribution is 2.32. The number of para-hydroxylation sites is 1. The number of sulfone groups is 1. The lowest BCUT2D eigenvalue weighted by atomic mass is 9.92. The molecule has 1 aliphatic rings. The molecule has 1 heterocycles. The van der Waals surface area contributed by atoms with Gasteiger partial charge in [0.15, 0.2) is 9.84 Å². The molecule has 3 rings (SSSR count). The van der Waals surface area contributed by atoms with Crippen LogP contribution in [0.15, 0.2) is 47.5 Å². The predicted octanol–water partition coefficient (Wildman–Crippen LogP) is 2.97. The highest BCUT2D eigenvalue weighted by molar-refractivity contribution is 7.90. The zero-order valence-electron chi connectivity index (χ0n) is 11.9. The van der Waals surface area contributed by atoms with Crippen LogP contribution in [0.3, 0.4) is 0 Å². The van der Waals surface area contributed by atoms with Crippen LogP contribution in [0.25, 0.3) is 0 Å². The topological polar surface area (TPSA) is 59.1 Å². The lowest BCUT2D eigenvalue weighted by Crippen LogP contribution is -2.20. The van der Waals surface area contributed by atoms with Crippen LogP contribution < -0.4 is 5.32 Å². The first kappa shape index (κ1) is 14.1. The van der Waals surface area contributed by atoms with E-state index in [-0.39, 0.29) is 6.04 Å². The molecule has 1 aromatic carbocycles. The summed E-state index contributed by atoms with van der Waals surface area (Å²) in [5.41, 5.74) is 2.94. The number of hydrogen-bond donors (Lipinski definition) is 1. The number of benzene rings is 1. The number of fused-ring (bicyclic) bond motifs is 1. The third-order valence-electron chi connectivity index (χ3n) is 3.81. The predicted molar refractivity (Wildman–Crippen MR) is 83.1 cm³/mol. The molecule has 5 heteroatoms. The molecule has 4 nitrogen and oxygen atoms in total. The molecule has 0 saturated carbocycles. The first-order valence-corrected chi connectivity index (χ1v) is 8.94. The third-order valence-corrected chi connectivity index (χ3v) is 4.97. The van der Waals surface area contributed by atoms with Gasteiger partial charge in [0, 0.05) is 12.5 Å². The van der Waals surface area contributed by atoms with Crippen LogP contribution in [-0.2, 0) is 16.3 Å². The number of nitrogens with one attached hydrogen (secondary N) is 1. The molecule has 0 amide bonds. The largest absolute Gasteiger partial charge is 0.376 e. The van der Waals surface area contributed by atoms with E-state index < -0.39 is 9.84 Å². The number of rotatable bonds is 3. The normalized spacial score (nSPS) is 18.0. The Balaban J connectivity index is 1.96. The van der Waals surface area contributed by atoms with E-state index in [9.17, 15) is 8.42 Å². The summed E-state index contributed by atoms with van der Waals surface area (Å²) in [6.45, 7) is 0. The standard InChI is InChI=1S/C16H18N2O2S/c1-21(19,20)15-10-3-2-8-13(15)18-14-9-4-6-12-7-5-11-17-16(12)14/h2-3,5,7-8,10-11,14,18H,4,6,9H2,1H3. The Kier molecular flexibility index (Phi) is 3.68. The van der Waals surface area contributed by atoms with Gasteiger partial charge in [-0.3, -0.25) is 4.98 Å². The zero-order chi connectivity index (χ0) is 14.9. The van der Waals surface area contributed by atoms with Gasteiger partial charge in [0.05, 0.1) is 22.3 Å². The van der Waals surface area contributed by atoms with E-state index in [1.807, 2.05) is 18.2 Å². The van der Waals surface area contributed by atoms with E-state index in [2.05, 4.69) is 16.4 Å². The van der Waals surface area contributed by atoms with E-state index in [0.29, 0.717) is 10.6 Å². The summed E-state index contributed by atoms with van der Waals surface area (Å²) in [7, 11) is -3.24. The Hall–Kier alpha value is -1.88. The van der Waals surface area contributed by atoms with Crippen molar-refractivity contribution >= 4 is 15.5 Å². The number of anilines is 1. The fourth-order valence-electron chi connectivity index (χ4n) is 2.85. The molecule has 0 bridgehead atoms. The summed E-state index contributed by atoms with van der Waals surface area (Å²) in [5.74, 6) is 0. The fourth-order valence-corrected chi connectivity index (χ4v) is 3.70. The minimum Gasteiger partial charge on any atom is -0.376 e. The molecule has 0 radical (unpaired) electrons. The molecule has 1 unspecified atom stereocenters. The third kappa shape index (κ3) is 2.93. The van der Waals surface area contributed by atoms with Crippen LogP contribution in [0.1, 0.15) is 30.1 Å². The van der Waals surface area contributed by atoms with Gasteiger partial charge in [-0.05, 0) is 43.0 Å². The van der Waals surface area contributed by atoms with Crippen molar-refractivity contribution in [2.45, 2.75) is 30.2 Å². The van der Waals surface area contributed by atoms with Gasteiger partial charge >= 0.3 is 0 Å². The minimum atomic E-state index is -3.24. The molecular formula is C16H18N2O2S. The maximum Gasteiger partial charge on any atom is 0.177 e. The smallest absolute Gasteiger partial charge is 0.177 e. The summed E-state index contributed by atoms with van der Waals surface area (Å²) < 4.78 is 23.8. The van der Waals surface area contributed by atoms with E-state index >= 15 is 0 Å². The van der Waals surface area contributed by atoms with Gasteiger partial charge in [-0.1, -0.05) is 18.2 Å². The summed E-state index contributed by atoms with van der Waals surface area (Å²) in [6.07, 6.45) is 6.11. The first-order chi connectivity index (χ1) is 10.1. The van der Waals surface area contributed by atoms with Gasteiger partial charge in [0.25, 0.3) is 0 Å². The van der Waals surface area contributed by atoms with E-state index in [4.69, 9.17) is 0 Å². The van der Waals surface area contributed by atoms with Crippen LogP contribution in [-0.4, -0.2) is 19.7 Å². The fraction of sp³-hybridized carbons (Fsp3) is 0.312. The monoisotopic (exact) mass is 302 g/mol. The molecule has 0 fully saturated rings. The zero-order valence-corrected chi connectivity index (χ0v) is 12.7. The second-order valence-electron chi connectivity index (χ2n) is 5.41. The summed E-state index contributed by atoms with van der Waals surface area (Å²) in [5, 5.41) is 3.37. The van der Waals surface area contributed by atoms with Crippen molar-refractivity contribution in [3.05, 3.63) is 53.9 Å². The lowest BCUT2D eigenvalue weighted by Gasteiger charge is -2.26. The van der Waals surface area contributed by atoms with Crippen molar-refractivity contribution in [3.63, 3.8) is 0 Å². The highest BCUT2D eigenvalue weighted by atomic mass is 32.2. The SMILES string of the molecule is CS(=O)(=O)c1ccccc1NC1CCCc2cccnc21. The molecule has 1 aromatic heterocycles. The Labute approximate surface area is 125 Å². The van der Waals surface area contributed by atoms with E-state index in [1.54, 1.807) is 18.3 Å². The van der Waals surface area contributed by atoms with Gasteiger partial charge < -0.3 is 5.32 Å². The quantitative estimate of drug-likeness (QED) is 0.947. The maximum atomic E-state index is 11.9. The van der Waals surface area contributed by atoms with Crippen LogP contribution in [0, 0.1) is 0 Å². The molecule has 110 valence electrons. The number of nitrogens with zero attached hydrogens (tertiary/aromatic N) is 1. The van der Waals surface area contributed by atoms with Crippen molar-refractivity contribution in [1.82, 2.24) is 4.98 Å². The summed E-state index contributed by atoms with van der Waals surface area (Å²) in [4.78, 5) is 4.82. The highest BCUT2D eigenvalue weighted by Gasteiger charge is 2.23.